The summed E-state index contributed by atoms with van der Waals surface area (Å²) in [6.07, 6.45) is 3.82. The van der Waals surface area contributed by atoms with Crippen LogP contribution in [0.25, 0.3) is 30.7 Å². The minimum atomic E-state index is 0.912. The zero-order valence-electron chi connectivity index (χ0n) is 12.6. The molecule has 2 N–H and O–H groups in total. The van der Waals surface area contributed by atoms with Crippen LogP contribution in [0.2, 0.25) is 0 Å². The third kappa shape index (κ3) is 2.29. The Bertz CT molecular complexity index is 1140. The van der Waals surface area contributed by atoms with Crippen molar-refractivity contribution in [3.63, 3.8) is 0 Å². The maximum atomic E-state index is 4.56. The second-order valence-corrected chi connectivity index (χ2v) is 7.57. The van der Waals surface area contributed by atoms with Crippen LogP contribution in [0.3, 0.4) is 0 Å². The maximum absolute atomic E-state index is 4.56. The number of aromatic nitrogens is 2. The van der Waals surface area contributed by atoms with E-state index in [2.05, 4.69) is 69.2 Å². The summed E-state index contributed by atoms with van der Waals surface area (Å²) >= 11 is 3.56. The lowest BCUT2D eigenvalue weighted by Crippen LogP contribution is -1.92. The summed E-state index contributed by atoms with van der Waals surface area (Å²) in [5, 5.41) is 8.01. The van der Waals surface area contributed by atoms with Crippen LogP contribution in [0.4, 0.5) is 11.5 Å². The summed E-state index contributed by atoms with van der Waals surface area (Å²) in [7, 11) is 0. The molecule has 1 aromatic carbocycles. The molecule has 0 atom stereocenters. The smallest absolute Gasteiger partial charge is 0.148 e. The number of anilines is 2. The summed E-state index contributed by atoms with van der Waals surface area (Å²) in [4.78, 5) is 10.4. The number of nitrogens with zero attached hydrogens (tertiary/aromatic N) is 1. The molecule has 0 saturated carbocycles. The van der Waals surface area contributed by atoms with Crippen molar-refractivity contribution in [2.75, 3.05) is 5.32 Å². The molecule has 0 fully saturated rings. The van der Waals surface area contributed by atoms with Gasteiger partial charge in [-0.15, -0.1) is 22.7 Å². The molecule has 5 rings (SSSR count). The second kappa shape index (κ2) is 5.47. The largest absolute Gasteiger partial charge is 0.361 e. The van der Waals surface area contributed by atoms with Crippen LogP contribution in [0.15, 0.2) is 66.3 Å². The van der Waals surface area contributed by atoms with E-state index in [1.165, 1.54) is 25.2 Å². The molecule has 4 aromatic heterocycles. The third-order valence-electron chi connectivity index (χ3n) is 4.01. The van der Waals surface area contributed by atoms with Crippen molar-refractivity contribution in [3.8, 4) is 9.75 Å². The van der Waals surface area contributed by atoms with Crippen molar-refractivity contribution < 1.29 is 0 Å². The minimum absolute atomic E-state index is 0.912. The fourth-order valence-corrected chi connectivity index (χ4v) is 4.79. The van der Waals surface area contributed by atoms with Crippen molar-refractivity contribution in [2.45, 2.75) is 0 Å². The molecule has 0 radical (unpaired) electrons. The van der Waals surface area contributed by atoms with E-state index >= 15 is 0 Å². The fourth-order valence-electron chi connectivity index (χ4n) is 2.86. The fraction of sp³-hybridized carbons (Fsp3) is 0. The average Bonchev–Trinajstić information content (AvgIpc) is 3.34. The zero-order chi connectivity index (χ0) is 15.9. The van der Waals surface area contributed by atoms with E-state index in [-0.39, 0.29) is 0 Å². The van der Waals surface area contributed by atoms with Gasteiger partial charge in [-0.3, -0.25) is 0 Å². The van der Waals surface area contributed by atoms with Gasteiger partial charge in [-0.1, -0.05) is 6.07 Å². The number of hydrogen-bond donors (Lipinski definition) is 2. The number of pyridine rings is 1. The zero-order valence-corrected chi connectivity index (χ0v) is 14.2. The number of benzene rings is 1. The van der Waals surface area contributed by atoms with E-state index in [0.29, 0.717) is 0 Å². The van der Waals surface area contributed by atoms with Crippen LogP contribution in [0, 0.1) is 0 Å². The van der Waals surface area contributed by atoms with Crippen LogP contribution in [0.1, 0.15) is 0 Å². The molecule has 3 nitrogen and oxygen atoms in total. The second-order valence-electron chi connectivity index (χ2n) is 5.57. The van der Waals surface area contributed by atoms with Crippen LogP contribution in [-0.4, -0.2) is 9.97 Å². The average molecular weight is 347 g/mol. The Hall–Kier alpha value is -2.63. The molecule has 0 aliphatic rings. The third-order valence-corrected chi connectivity index (χ3v) is 6.24. The lowest BCUT2D eigenvalue weighted by atomic mass is 10.2. The number of nitrogens with one attached hydrogen (secondary N) is 2. The molecule has 0 unspecified atom stereocenters. The van der Waals surface area contributed by atoms with Gasteiger partial charge in [0.05, 0.1) is 4.70 Å². The molecule has 116 valence electrons. The van der Waals surface area contributed by atoms with E-state index in [1.807, 2.05) is 12.4 Å². The number of aromatic amines is 1. The van der Waals surface area contributed by atoms with Crippen molar-refractivity contribution >= 4 is 55.2 Å². The van der Waals surface area contributed by atoms with Crippen molar-refractivity contribution in [1.82, 2.24) is 9.97 Å². The minimum Gasteiger partial charge on any atom is -0.361 e. The highest BCUT2D eigenvalue weighted by atomic mass is 32.1. The Kier molecular flexibility index (Phi) is 3.14. The van der Waals surface area contributed by atoms with Gasteiger partial charge in [-0.05, 0) is 53.2 Å². The van der Waals surface area contributed by atoms with Crippen LogP contribution >= 0.6 is 22.7 Å². The number of rotatable bonds is 3. The summed E-state index contributed by atoms with van der Waals surface area (Å²) in [5.41, 5.74) is 2.19. The topological polar surface area (TPSA) is 40.7 Å². The molecular weight excluding hydrogens is 334 g/mol. The molecule has 24 heavy (non-hydrogen) atoms. The van der Waals surface area contributed by atoms with Gasteiger partial charge in [0, 0.05) is 38.7 Å². The number of H-pyrrole nitrogens is 1. The molecule has 0 spiro atoms. The van der Waals surface area contributed by atoms with Crippen molar-refractivity contribution in [2.24, 2.45) is 0 Å². The predicted molar refractivity (Wildman–Crippen MR) is 105 cm³/mol. The van der Waals surface area contributed by atoms with E-state index in [4.69, 9.17) is 0 Å². The monoisotopic (exact) mass is 347 g/mol. The van der Waals surface area contributed by atoms with Gasteiger partial charge in [0.2, 0.25) is 0 Å². The van der Waals surface area contributed by atoms with Gasteiger partial charge in [0.15, 0.2) is 0 Å². The Morgan fingerprint density at radius 1 is 0.958 bits per heavy atom. The lowest BCUT2D eigenvalue weighted by Gasteiger charge is -2.06. The quantitative estimate of drug-likeness (QED) is 0.405. The maximum Gasteiger partial charge on any atom is 0.148 e. The van der Waals surface area contributed by atoms with Crippen LogP contribution < -0.4 is 5.32 Å². The molecular formula is C19H13N3S2. The Morgan fingerprint density at radius 2 is 1.96 bits per heavy atom. The molecule has 0 aliphatic carbocycles. The molecule has 5 aromatic rings. The first-order valence-corrected chi connectivity index (χ1v) is 9.33. The molecule has 4 heterocycles. The van der Waals surface area contributed by atoms with Gasteiger partial charge in [0.25, 0.3) is 0 Å². The van der Waals surface area contributed by atoms with E-state index in [9.17, 15) is 0 Å². The SMILES string of the molecule is c1csc(-c2cc3ccnc(Nc4ccc5[nH]ccc5c4)c3s2)c1. The first-order chi connectivity index (χ1) is 11.9. The van der Waals surface area contributed by atoms with Crippen LogP contribution in [-0.2, 0) is 0 Å². The molecule has 0 aliphatic heterocycles. The molecule has 0 bridgehead atoms. The van der Waals surface area contributed by atoms with Gasteiger partial charge >= 0.3 is 0 Å². The summed E-state index contributed by atoms with van der Waals surface area (Å²) in [6, 6.07) is 17.0. The number of hydrogen-bond acceptors (Lipinski definition) is 4. The standard InChI is InChI=1S/C19H13N3S2/c1-2-16(23-9-1)17-11-13-6-8-21-19(18(13)24-17)22-14-3-4-15-12(10-14)5-7-20-15/h1-11,20H,(H,21,22). The number of thiophene rings is 2. The Balaban J connectivity index is 1.58. The normalized spacial score (nSPS) is 11.3. The lowest BCUT2D eigenvalue weighted by molar-refractivity contribution is 1.35. The molecule has 5 heteroatoms. The summed E-state index contributed by atoms with van der Waals surface area (Å²) in [6.45, 7) is 0. The van der Waals surface area contributed by atoms with Gasteiger partial charge in [-0.25, -0.2) is 4.98 Å². The summed E-state index contributed by atoms with van der Waals surface area (Å²) < 4.78 is 1.19. The van der Waals surface area contributed by atoms with E-state index < -0.39 is 0 Å². The highest BCUT2D eigenvalue weighted by Crippen LogP contribution is 2.39. The van der Waals surface area contributed by atoms with Crippen LogP contribution in [0.5, 0.6) is 0 Å². The summed E-state index contributed by atoms with van der Waals surface area (Å²) in [5.74, 6) is 0.912. The first kappa shape index (κ1) is 13.8. The Morgan fingerprint density at radius 3 is 2.88 bits per heavy atom. The van der Waals surface area contributed by atoms with Crippen molar-refractivity contribution in [3.05, 3.63) is 66.3 Å². The van der Waals surface area contributed by atoms with Gasteiger partial charge < -0.3 is 10.3 Å². The molecule has 0 saturated heterocycles. The first-order valence-electron chi connectivity index (χ1n) is 7.63. The van der Waals surface area contributed by atoms with Gasteiger partial charge in [0.1, 0.15) is 5.82 Å². The van der Waals surface area contributed by atoms with E-state index in [1.54, 1.807) is 22.7 Å². The highest BCUT2D eigenvalue weighted by molar-refractivity contribution is 7.26. The Labute approximate surface area is 146 Å². The predicted octanol–water partition coefficient (Wildman–Crippen LogP) is 6.25. The van der Waals surface area contributed by atoms with Crippen molar-refractivity contribution in [1.29, 1.82) is 0 Å². The number of fused-ring (bicyclic) bond motifs is 2. The van der Waals surface area contributed by atoms with E-state index in [0.717, 1.165) is 17.0 Å². The van der Waals surface area contributed by atoms with Gasteiger partial charge in [-0.2, -0.15) is 0 Å². The molecule has 0 amide bonds. The highest BCUT2D eigenvalue weighted by Gasteiger charge is 2.10.